The fourth-order valence-electron chi connectivity index (χ4n) is 2.16. The Bertz CT molecular complexity index is 464. The fourth-order valence-corrected chi connectivity index (χ4v) is 2.45. The Kier molecular flexibility index (Phi) is 3.65. The van der Waals surface area contributed by atoms with Crippen molar-refractivity contribution in [3.05, 3.63) is 18.0 Å². The molecule has 0 bridgehead atoms. The molecule has 1 aromatic rings. The molecule has 0 spiro atoms. The molecule has 1 aromatic heterocycles. The van der Waals surface area contributed by atoms with Crippen LogP contribution >= 0.6 is 12.2 Å². The molecule has 0 radical (unpaired) electrons. The Labute approximate surface area is 112 Å². The number of nitrogens with one attached hydrogen (secondary N) is 1. The molecule has 5 nitrogen and oxygen atoms in total. The van der Waals surface area contributed by atoms with E-state index in [-0.39, 0.29) is 5.91 Å². The molecule has 0 saturated heterocycles. The number of carbonyl (C=O) groups is 1. The highest BCUT2D eigenvalue weighted by molar-refractivity contribution is 7.80. The lowest BCUT2D eigenvalue weighted by Gasteiger charge is -2.39. The molecule has 0 aromatic carbocycles. The van der Waals surface area contributed by atoms with E-state index in [1.54, 1.807) is 6.20 Å². The van der Waals surface area contributed by atoms with Gasteiger partial charge in [-0.1, -0.05) is 18.6 Å². The molecule has 6 heteroatoms. The van der Waals surface area contributed by atoms with Crippen molar-refractivity contribution in [3.8, 4) is 0 Å². The number of carbonyl (C=O) groups excluding carboxylic acids is 1. The van der Waals surface area contributed by atoms with Gasteiger partial charge in [0.1, 0.15) is 0 Å². The largest absolute Gasteiger partial charge is 0.392 e. The molecule has 0 unspecified atom stereocenters. The number of aryl methyl sites for hydroxylation is 1. The van der Waals surface area contributed by atoms with Gasteiger partial charge in [0.25, 0.3) is 0 Å². The van der Waals surface area contributed by atoms with Gasteiger partial charge in [-0.15, -0.1) is 0 Å². The first kappa shape index (κ1) is 13.0. The van der Waals surface area contributed by atoms with Crippen molar-refractivity contribution in [1.82, 2.24) is 15.1 Å². The third-order valence-corrected chi connectivity index (χ3v) is 3.89. The SMILES string of the molecule is Cc1cnn(CCNC(=O)C2(C(N)=S)CCC2)c1. The van der Waals surface area contributed by atoms with Crippen molar-refractivity contribution in [2.75, 3.05) is 6.54 Å². The van der Waals surface area contributed by atoms with Crippen LogP contribution < -0.4 is 11.1 Å². The van der Waals surface area contributed by atoms with Gasteiger partial charge in [0, 0.05) is 12.7 Å². The van der Waals surface area contributed by atoms with Gasteiger partial charge < -0.3 is 11.1 Å². The summed E-state index contributed by atoms with van der Waals surface area (Å²) < 4.78 is 1.81. The smallest absolute Gasteiger partial charge is 0.233 e. The Balaban J connectivity index is 1.83. The van der Waals surface area contributed by atoms with Crippen LogP contribution in [-0.2, 0) is 11.3 Å². The molecule has 3 N–H and O–H groups in total. The minimum absolute atomic E-state index is 0.0369. The molecule has 1 fully saturated rings. The molecule has 1 aliphatic carbocycles. The number of nitrogens with two attached hydrogens (primary N) is 1. The Hall–Kier alpha value is -1.43. The molecule has 0 atom stereocenters. The zero-order chi connectivity index (χ0) is 13.2. The van der Waals surface area contributed by atoms with Crippen LogP contribution in [0.5, 0.6) is 0 Å². The zero-order valence-electron chi connectivity index (χ0n) is 10.5. The molecule has 1 aliphatic rings. The van der Waals surface area contributed by atoms with E-state index in [1.165, 1.54) is 0 Å². The predicted octanol–water partition coefficient (Wildman–Crippen LogP) is 0.764. The summed E-state index contributed by atoms with van der Waals surface area (Å²) in [7, 11) is 0. The first-order chi connectivity index (χ1) is 8.54. The van der Waals surface area contributed by atoms with Gasteiger partial charge in [0.05, 0.1) is 23.1 Å². The van der Waals surface area contributed by atoms with Gasteiger partial charge in [-0.2, -0.15) is 5.10 Å². The van der Waals surface area contributed by atoms with Gasteiger partial charge in [-0.05, 0) is 25.3 Å². The van der Waals surface area contributed by atoms with Crippen molar-refractivity contribution in [2.24, 2.45) is 11.1 Å². The monoisotopic (exact) mass is 266 g/mol. The van der Waals surface area contributed by atoms with Crippen LogP contribution in [-0.4, -0.2) is 27.2 Å². The highest BCUT2D eigenvalue weighted by Gasteiger charge is 2.46. The lowest BCUT2D eigenvalue weighted by atomic mass is 9.68. The normalized spacial score (nSPS) is 16.9. The number of thiocarbonyl (C=S) groups is 1. The first-order valence-corrected chi connectivity index (χ1v) is 6.53. The van der Waals surface area contributed by atoms with E-state index >= 15 is 0 Å². The van der Waals surface area contributed by atoms with Crippen molar-refractivity contribution >= 4 is 23.1 Å². The van der Waals surface area contributed by atoms with E-state index in [0.717, 1.165) is 24.8 Å². The quantitative estimate of drug-likeness (QED) is 0.772. The maximum atomic E-state index is 12.1. The Morgan fingerprint density at radius 1 is 1.67 bits per heavy atom. The molecule has 0 aliphatic heterocycles. The molecule has 1 saturated carbocycles. The zero-order valence-corrected chi connectivity index (χ0v) is 11.3. The van der Waals surface area contributed by atoms with Gasteiger partial charge in [-0.25, -0.2) is 0 Å². The summed E-state index contributed by atoms with van der Waals surface area (Å²) >= 11 is 5.00. The van der Waals surface area contributed by atoms with Crippen molar-refractivity contribution in [2.45, 2.75) is 32.7 Å². The summed E-state index contributed by atoms with van der Waals surface area (Å²) in [5, 5.41) is 7.06. The van der Waals surface area contributed by atoms with Crippen LogP contribution in [0, 0.1) is 12.3 Å². The van der Waals surface area contributed by atoms with Gasteiger partial charge in [0.2, 0.25) is 5.91 Å². The highest BCUT2D eigenvalue weighted by atomic mass is 32.1. The maximum Gasteiger partial charge on any atom is 0.233 e. The second kappa shape index (κ2) is 5.06. The summed E-state index contributed by atoms with van der Waals surface area (Å²) in [5.41, 5.74) is 6.20. The molecule has 2 rings (SSSR count). The predicted molar refractivity (Wildman–Crippen MR) is 73.0 cm³/mol. The van der Waals surface area contributed by atoms with E-state index in [4.69, 9.17) is 18.0 Å². The second-order valence-electron chi connectivity index (χ2n) is 4.84. The molecular weight excluding hydrogens is 248 g/mol. The van der Waals surface area contributed by atoms with Crippen LogP contribution in [0.4, 0.5) is 0 Å². The van der Waals surface area contributed by atoms with Gasteiger partial charge >= 0.3 is 0 Å². The summed E-state index contributed by atoms with van der Waals surface area (Å²) in [6.45, 7) is 3.19. The van der Waals surface area contributed by atoms with Crippen LogP contribution in [0.25, 0.3) is 0 Å². The Morgan fingerprint density at radius 3 is 2.83 bits per heavy atom. The summed E-state index contributed by atoms with van der Waals surface area (Å²) in [6.07, 6.45) is 6.30. The van der Waals surface area contributed by atoms with E-state index in [2.05, 4.69) is 10.4 Å². The topological polar surface area (TPSA) is 72.9 Å². The first-order valence-electron chi connectivity index (χ1n) is 6.12. The second-order valence-corrected chi connectivity index (χ2v) is 5.28. The molecule has 1 amide bonds. The number of amides is 1. The average molecular weight is 266 g/mol. The van der Waals surface area contributed by atoms with Crippen molar-refractivity contribution < 1.29 is 4.79 Å². The number of hydrogen-bond acceptors (Lipinski definition) is 3. The number of nitrogens with zero attached hydrogens (tertiary/aromatic N) is 2. The van der Waals surface area contributed by atoms with E-state index in [1.807, 2.05) is 17.8 Å². The van der Waals surface area contributed by atoms with Crippen LogP contribution in [0.1, 0.15) is 24.8 Å². The number of rotatable bonds is 5. The van der Waals surface area contributed by atoms with Gasteiger partial charge in [-0.3, -0.25) is 9.48 Å². The molecule has 1 heterocycles. The lowest BCUT2D eigenvalue weighted by molar-refractivity contribution is -0.130. The van der Waals surface area contributed by atoms with E-state index < -0.39 is 5.41 Å². The van der Waals surface area contributed by atoms with E-state index in [9.17, 15) is 4.79 Å². The lowest BCUT2D eigenvalue weighted by Crippen LogP contribution is -2.53. The summed E-state index contributed by atoms with van der Waals surface area (Å²) in [6, 6.07) is 0. The molecule has 18 heavy (non-hydrogen) atoms. The van der Waals surface area contributed by atoms with E-state index in [0.29, 0.717) is 18.1 Å². The maximum absolute atomic E-state index is 12.1. The minimum Gasteiger partial charge on any atom is -0.392 e. The third-order valence-electron chi connectivity index (χ3n) is 3.50. The van der Waals surface area contributed by atoms with Crippen molar-refractivity contribution in [3.63, 3.8) is 0 Å². The molecular formula is C12H18N4OS. The average Bonchev–Trinajstić information content (AvgIpc) is 2.61. The van der Waals surface area contributed by atoms with Crippen LogP contribution in [0.15, 0.2) is 12.4 Å². The number of aromatic nitrogens is 2. The van der Waals surface area contributed by atoms with Crippen LogP contribution in [0.2, 0.25) is 0 Å². The van der Waals surface area contributed by atoms with Gasteiger partial charge in [0.15, 0.2) is 0 Å². The number of hydrogen-bond donors (Lipinski definition) is 2. The summed E-state index contributed by atoms with van der Waals surface area (Å²) in [4.78, 5) is 12.4. The highest BCUT2D eigenvalue weighted by Crippen LogP contribution is 2.41. The molecule has 98 valence electrons. The van der Waals surface area contributed by atoms with Crippen LogP contribution in [0.3, 0.4) is 0 Å². The minimum atomic E-state index is -0.588. The fraction of sp³-hybridized carbons (Fsp3) is 0.583. The Morgan fingerprint density at radius 2 is 2.39 bits per heavy atom. The third kappa shape index (κ3) is 2.38. The standard InChI is InChI=1S/C12H18N4OS/c1-9-7-15-16(8-9)6-5-14-11(17)12(10(13)18)3-2-4-12/h7-8H,2-6H2,1H3,(H2,13,18)(H,14,17). The summed E-state index contributed by atoms with van der Waals surface area (Å²) in [5.74, 6) is -0.0369. The van der Waals surface area contributed by atoms with Crippen molar-refractivity contribution in [1.29, 1.82) is 0 Å².